The first-order valence-corrected chi connectivity index (χ1v) is 6.95. The number of nitrogens with zero attached hydrogens (tertiary/aromatic N) is 2. The van der Waals surface area contributed by atoms with Gasteiger partial charge in [0.2, 0.25) is 0 Å². The summed E-state index contributed by atoms with van der Waals surface area (Å²) < 4.78 is 7.77. The van der Waals surface area contributed by atoms with Crippen LogP contribution in [0.3, 0.4) is 0 Å². The highest BCUT2D eigenvalue weighted by atomic mass is 16.5. The normalized spacial score (nSPS) is 13.8. The van der Waals surface area contributed by atoms with Gasteiger partial charge in [-0.25, -0.2) is 0 Å². The molecule has 0 radical (unpaired) electrons. The van der Waals surface area contributed by atoms with Crippen LogP contribution in [0.15, 0.2) is 12.4 Å². The van der Waals surface area contributed by atoms with Gasteiger partial charge in [-0.3, -0.25) is 4.68 Å². The van der Waals surface area contributed by atoms with Crippen molar-refractivity contribution in [3.63, 3.8) is 0 Å². The molecule has 4 nitrogen and oxygen atoms in total. The van der Waals surface area contributed by atoms with Crippen LogP contribution in [0, 0.1) is 0 Å². The van der Waals surface area contributed by atoms with Gasteiger partial charge < -0.3 is 10.5 Å². The van der Waals surface area contributed by atoms with Crippen molar-refractivity contribution in [2.75, 3.05) is 6.61 Å². The van der Waals surface area contributed by atoms with Crippen LogP contribution in [0.1, 0.15) is 45.6 Å². The second-order valence-corrected chi connectivity index (χ2v) is 4.87. The minimum atomic E-state index is -0.170. The molecule has 1 atom stereocenters. The molecule has 0 amide bonds. The van der Waals surface area contributed by atoms with Crippen LogP contribution in [0.4, 0.5) is 0 Å². The van der Waals surface area contributed by atoms with Crippen molar-refractivity contribution in [3.05, 3.63) is 18.0 Å². The molecule has 1 rings (SSSR count). The maximum absolute atomic E-state index is 6.36. The van der Waals surface area contributed by atoms with Gasteiger partial charge in [0.1, 0.15) is 0 Å². The van der Waals surface area contributed by atoms with Crippen LogP contribution in [-0.4, -0.2) is 28.0 Å². The van der Waals surface area contributed by atoms with Gasteiger partial charge in [-0.05, 0) is 38.2 Å². The number of ether oxygens (including phenoxy) is 1. The second kappa shape index (κ2) is 6.90. The summed E-state index contributed by atoms with van der Waals surface area (Å²) in [6.45, 7) is 7.07. The van der Waals surface area contributed by atoms with E-state index >= 15 is 0 Å². The van der Waals surface area contributed by atoms with Gasteiger partial charge in [0.15, 0.2) is 0 Å². The Morgan fingerprint density at radius 1 is 1.39 bits per heavy atom. The third kappa shape index (κ3) is 3.56. The predicted molar refractivity (Wildman–Crippen MR) is 74.4 cm³/mol. The number of nitrogens with two attached hydrogens (primary N) is 1. The molecule has 0 aliphatic heterocycles. The first kappa shape index (κ1) is 15.2. The first-order chi connectivity index (χ1) is 8.57. The molecule has 0 aromatic carbocycles. The largest absolute Gasteiger partial charge is 0.374 e. The van der Waals surface area contributed by atoms with E-state index in [0.717, 1.165) is 32.3 Å². The van der Waals surface area contributed by atoms with Crippen molar-refractivity contribution in [1.29, 1.82) is 0 Å². The Hall–Kier alpha value is -0.870. The highest BCUT2D eigenvalue weighted by Crippen LogP contribution is 2.26. The molecular formula is C14H27N3O. The fourth-order valence-corrected chi connectivity index (χ4v) is 2.56. The fourth-order valence-electron chi connectivity index (χ4n) is 2.56. The number of rotatable bonds is 8. The van der Waals surface area contributed by atoms with E-state index in [-0.39, 0.29) is 11.6 Å². The van der Waals surface area contributed by atoms with E-state index in [1.165, 1.54) is 5.56 Å². The zero-order valence-electron chi connectivity index (χ0n) is 12.1. The van der Waals surface area contributed by atoms with E-state index in [0.29, 0.717) is 0 Å². The summed E-state index contributed by atoms with van der Waals surface area (Å²) in [6.07, 6.45) is 7.79. The fraction of sp³-hybridized carbons (Fsp3) is 0.786. The molecule has 18 heavy (non-hydrogen) atoms. The molecule has 0 bridgehead atoms. The van der Waals surface area contributed by atoms with Gasteiger partial charge in [0, 0.05) is 25.9 Å². The summed E-state index contributed by atoms with van der Waals surface area (Å²) in [4.78, 5) is 0. The van der Waals surface area contributed by atoms with Crippen molar-refractivity contribution in [3.8, 4) is 0 Å². The molecule has 104 valence electrons. The Labute approximate surface area is 111 Å². The summed E-state index contributed by atoms with van der Waals surface area (Å²) >= 11 is 0. The minimum Gasteiger partial charge on any atom is -0.374 e. The van der Waals surface area contributed by atoms with Crippen molar-refractivity contribution < 1.29 is 4.74 Å². The zero-order valence-corrected chi connectivity index (χ0v) is 12.1. The van der Waals surface area contributed by atoms with Crippen molar-refractivity contribution in [2.24, 2.45) is 12.8 Å². The molecule has 0 aliphatic rings. The van der Waals surface area contributed by atoms with Gasteiger partial charge in [-0.15, -0.1) is 0 Å². The van der Waals surface area contributed by atoms with Gasteiger partial charge >= 0.3 is 0 Å². The van der Waals surface area contributed by atoms with E-state index in [9.17, 15) is 0 Å². The lowest BCUT2D eigenvalue weighted by atomic mass is 9.85. The molecule has 1 aromatic heterocycles. The molecule has 1 aromatic rings. The van der Waals surface area contributed by atoms with Crippen LogP contribution in [0.5, 0.6) is 0 Å². The van der Waals surface area contributed by atoms with Crippen LogP contribution >= 0.6 is 0 Å². The Kier molecular flexibility index (Phi) is 5.82. The lowest BCUT2D eigenvalue weighted by Gasteiger charge is -2.37. The van der Waals surface area contributed by atoms with Gasteiger partial charge in [0.25, 0.3) is 0 Å². The topological polar surface area (TPSA) is 53.1 Å². The molecule has 1 unspecified atom stereocenters. The van der Waals surface area contributed by atoms with E-state index in [1.54, 1.807) is 0 Å². The third-order valence-corrected chi connectivity index (χ3v) is 3.81. The number of hydrogen-bond donors (Lipinski definition) is 1. The Morgan fingerprint density at radius 2 is 2.06 bits per heavy atom. The summed E-state index contributed by atoms with van der Waals surface area (Å²) in [7, 11) is 1.94. The van der Waals surface area contributed by atoms with Crippen LogP contribution in [0.2, 0.25) is 0 Å². The maximum Gasteiger partial charge on any atom is 0.0827 e. The molecule has 0 spiro atoms. The Balaban J connectivity index is 2.58. The molecule has 4 heteroatoms. The summed E-state index contributed by atoms with van der Waals surface area (Å²) in [6, 6.07) is 0.0765. The standard InChI is InChI=1S/C14H27N3O/c1-5-14(6-2,18-7-3)13(15)9-8-12-10-16-17(4)11-12/h10-11,13H,5-9,15H2,1-4H3. The van der Waals surface area contributed by atoms with E-state index in [4.69, 9.17) is 10.5 Å². The van der Waals surface area contributed by atoms with Crippen molar-refractivity contribution in [1.82, 2.24) is 9.78 Å². The summed E-state index contributed by atoms with van der Waals surface area (Å²) in [5.74, 6) is 0. The van der Waals surface area contributed by atoms with Crippen LogP contribution < -0.4 is 5.73 Å². The monoisotopic (exact) mass is 253 g/mol. The third-order valence-electron chi connectivity index (χ3n) is 3.81. The summed E-state index contributed by atoms with van der Waals surface area (Å²) in [5, 5.41) is 4.18. The average Bonchev–Trinajstić information content (AvgIpc) is 2.79. The molecule has 2 N–H and O–H groups in total. The Bertz CT molecular complexity index is 345. The molecule has 0 fully saturated rings. The molecule has 0 aliphatic carbocycles. The first-order valence-electron chi connectivity index (χ1n) is 6.95. The lowest BCUT2D eigenvalue weighted by molar-refractivity contribution is -0.0649. The average molecular weight is 253 g/mol. The summed E-state index contributed by atoms with van der Waals surface area (Å²) in [5.41, 5.74) is 7.43. The van der Waals surface area contributed by atoms with E-state index in [2.05, 4.69) is 18.9 Å². The van der Waals surface area contributed by atoms with Gasteiger partial charge in [-0.1, -0.05) is 13.8 Å². The van der Waals surface area contributed by atoms with Crippen molar-refractivity contribution >= 4 is 0 Å². The Morgan fingerprint density at radius 3 is 2.50 bits per heavy atom. The van der Waals surface area contributed by atoms with Crippen molar-refractivity contribution in [2.45, 2.75) is 58.1 Å². The minimum absolute atomic E-state index is 0.0765. The molecule has 0 saturated heterocycles. The molecule has 1 heterocycles. The number of aryl methyl sites for hydroxylation is 2. The number of aromatic nitrogens is 2. The SMILES string of the molecule is CCOC(CC)(CC)C(N)CCc1cnn(C)c1. The zero-order chi connectivity index (χ0) is 13.6. The second-order valence-electron chi connectivity index (χ2n) is 4.87. The highest BCUT2D eigenvalue weighted by Gasteiger charge is 2.33. The molecular weight excluding hydrogens is 226 g/mol. The predicted octanol–water partition coefficient (Wildman–Crippen LogP) is 2.28. The van der Waals surface area contributed by atoms with E-state index in [1.807, 2.05) is 31.0 Å². The smallest absolute Gasteiger partial charge is 0.0827 e. The highest BCUT2D eigenvalue weighted by molar-refractivity contribution is 5.05. The molecule has 0 saturated carbocycles. The lowest BCUT2D eigenvalue weighted by Crippen LogP contribution is -2.49. The van der Waals surface area contributed by atoms with Crippen LogP contribution in [-0.2, 0) is 18.2 Å². The number of hydrogen-bond acceptors (Lipinski definition) is 3. The van der Waals surface area contributed by atoms with Gasteiger partial charge in [0.05, 0.1) is 11.8 Å². The van der Waals surface area contributed by atoms with Gasteiger partial charge in [-0.2, -0.15) is 5.10 Å². The maximum atomic E-state index is 6.36. The van der Waals surface area contributed by atoms with Crippen LogP contribution in [0.25, 0.3) is 0 Å². The quantitative estimate of drug-likeness (QED) is 0.773. The van der Waals surface area contributed by atoms with E-state index < -0.39 is 0 Å².